The van der Waals surface area contributed by atoms with Crippen LogP contribution in [0, 0.1) is 0 Å². The molecule has 0 unspecified atom stereocenters. The second kappa shape index (κ2) is 7.48. The first-order valence-corrected chi connectivity index (χ1v) is 7.49. The highest BCUT2D eigenvalue weighted by molar-refractivity contribution is 6.30. The third-order valence-electron chi connectivity index (χ3n) is 3.81. The highest BCUT2D eigenvalue weighted by atomic mass is 35.5. The fraction of sp³-hybridized carbons (Fsp3) is 0.438. The van der Waals surface area contributed by atoms with Gasteiger partial charge in [-0.05, 0) is 44.2 Å². The summed E-state index contributed by atoms with van der Waals surface area (Å²) in [5.74, 6) is 0.740. The Morgan fingerprint density at radius 3 is 2.76 bits per heavy atom. The lowest BCUT2D eigenvalue weighted by Crippen LogP contribution is -2.43. The number of ether oxygens (including phenoxy) is 1. The van der Waals surface area contributed by atoms with E-state index in [4.69, 9.17) is 16.3 Å². The lowest BCUT2D eigenvalue weighted by Gasteiger charge is -2.31. The quantitative estimate of drug-likeness (QED) is 0.869. The zero-order valence-electron chi connectivity index (χ0n) is 12.4. The van der Waals surface area contributed by atoms with Crippen molar-refractivity contribution in [1.82, 2.24) is 10.2 Å². The number of amides is 1. The minimum absolute atomic E-state index is 0.0339. The van der Waals surface area contributed by atoms with Crippen molar-refractivity contribution < 1.29 is 9.53 Å². The lowest BCUT2D eigenvalue weighted by molar-refractivity contribution is -0.127. The lowest BCUT2D eigenvalue weighted by atomic mass is 10.1. The number of halogens is 1. The molecule has 0 atom stereocenters. The van der Waals surface area contributed by atoms with Crippen LogP contribution in [0.15, 0.2) is 24.3 Å². The van der Waals surface area contributed by atoms with Gasteiger partial charge in [0.05, 0.1) is 7.11 Å². The minimum Gasteiger partial charge on any atom is -0.496 e. The summed E-state index contributed by atoms with van der Waals surface area (Å²) in [5, 5.41) is 3.88. The molecule has 0 aliphatic carbocycles. The van der Waals surface area contributed by atoms with Crippen molar-refractivity contribution in [3.63, 3.8) is 0 Å². The van der Waals surface area contributed by atoms with Gasteiger partial charge in [0.1, 0.15) is 5.75 Å². The second-order valence-corrected chi connectivity index (χ2v) is 5.54. The van der Waals surface area contributed by atoms with E-state index < -0.39 is 0 Å². The molecule has 0 bridgehead atoms. The molecule has 0 aromatic heterocycles. The van der Waals surface area contributed by atoms with Crippen LogP contribution in [0.25, 0.3) is 6.08 Å². The third kappa shape index (κ3) is 4.22. The Kier molecular flexibility index (Phi) is 5.65. The summed E-state index contributed by atoms with van der Waals surface area (Å²) in [7, 11) is 3.57. The number of methoxy groups -OCH3 is 1. The number of hydrogen-bond donors (Lipinski definition) is 1. The number of rotatable bonds is 4. The summed E-state index contributed by atoms with van der Waals surface area (Å²) in [4.78, 5) is 14.1. The zero-order chi connectivity index (χ0) is 15.2. The Hall–Kier alpha value is -1.52. The molecular formula is C16H21ClN2O2. The van der Waals surface area contributed by atoms with E-state index in [2.05, 4.69) is 5.32 Å². The van der Waals surface area contributed by atoms with Crippen molar-refractivity contribution in [1.29, 1.82) is 0 Å². The van der Waals surface area contributed by atoms with Crippen molar-refractivity contribution in [2.75, 3.05) is 27.2 Å². The van der Waals surface area contributed by atoms with Gasteiger partial charge in [0.2, 0.25) is 5.91 Å². The number of nitrogens with one attached hydrogen (secondary N) is 1. The Morgan fingerprint density at radius 2 is 2.14 bits per heavy atom. The predicted octanol–water partition coefficient (Wildman–Crippen LogP) is 2.57. The molecule has 114 valence electrons. The maximum atomic E-state index is 12.2. The normalized spacial score (nSPS) is 16.4. The molecule has 1 heterocycles. The van der Waals surface area contributed by atoms with Crippen LogP contribution in [-0.2, 0) is 4.79 Å². The van der Waals surface area contributed by atoms with E-state index in [-0.39, 0.29) is 5.91 Å². The van der Waals surface area contributed by atoms with Crippen LogP contribution < -0.4 is 10.1 Å². The van der Waals surface area contributed by atoms with E-state index in [0.717, 1.165) is 31.5 Å². The van der Waals surface area contributed by atoms with Gasteiger partial charge in [0.25, 0.3) is 0 Å². The Morgan fingerprint density at radius 1 is 1.43 bits per heavy atom. The molecule has 5 heteroatoms. The molecule has 1 aromatic rings. The Balaban J connectivity index is 2.01. The van der Waals surface area contributed by atoms with Gasteiger partial charge in [-0.15, -0.1) is 0 Å². The average molecular weight is 309 g/mol. The molecule has 21 heavy (non-hydrogen) atoms. The number of hydrogen-bond acceptors (Lipinski definition) is 3. The molecule has 1 aliphatic heterocycles. The van der Waals surface area contributed by atoms with Crippen molar-refractivity contribution in [3.8, 4) is 5.75 Å². The molecule has 2 rings (SSSR count). The van der Waals surface area contributed by atoms with E-state index in [1.807, 2.05) is 11.9 Å². The van der Waals surface area contributed by atoms with Crippen molar-refractivity contribution >= 4 is 23.6 Å². The summed E-state index contributed by atoms with van der Waals surface area (Å²) in [5.41, 5.74) is 0.809. The highest BCUT2D eigenvalue weighted by Crippen LogP contribution is 2.24. The molecule has 1 N–H and O–H groups in total. The molecule has 0 spiro atoms. The van der Waals surface area contributed by atoms with E-state index in [0.29, 0.717) is 16.8 Å². The van der Waals surface area contributed by atoms with Crippen molar-refractivity contribution in [2.45, 2.75) is 18.9 Å². The summed E-state index contributed by atoms with van der Waals surface area (Å²) in [6, 6.07) is 5.87. The standard InChI is InChI=1S/C16H21ClN2O2/c1-18-14-7-9-19(10-8-14)16(20)6-3-12-11-13(17)4-5-15(12)21-2/h3-6,11,14,18H,7-10H2,1-2H3. The van der Waals surface area contributed by atoms with Gasteiger partial charge in [-0.25, -0.2) is 0 Å². The van der Waals surface area contributed by atoms with Gasteiger partial charge in [-0.1, -0.05) is 11.6 Å². The van der Waals surface area contributed by atoms with Crippen LogP contribution >= 0.6 is 11.6 Å². The van der Waals surface area contributed by atoms with E-state index in [1.165, 1.54) is 0 Å². The number of carbonyl (C=O) groups excluding carboxylic acids is 1. The predicted molar refractivity (Wildman–Crippen MR) is 85.7 cm³/mol. The summed E-state index contributed by atoms with van der Waals surface area (Å²) in [6.45, 7) is 1.59. The zero-order valence-corrected chi connectivity index (χ0v) is 13.2. The second-order valence-electron chi connectivity index (χ2n) is 5.11. The van der Waals surface area contributed by atoms with E-state index >= 15 is 0 Å². The monoisotopic (exact) mass is 308 g/mol. The topological polar surface area (TPSA) is 41.6 Å². The van der Waals surface area contributed by atoms with E-state index in [9.17, 15) is 4.79 Å². The van der Waals surface area contributed by atoms with E-state index in [1.54, 1.807) is 37.5 Å². The van der Waals surface area contributed by atoms with Crippen molar-refractivity contribution in [3.05, 3.63) is 34.9 Å². The van der Waals surface area contributed by atoms with Crippen LogP contribution in [0.3, 0.4) is 0 Å². The molecule has 1 aliphatic rings. The van der Waals surface area contributed by atoms with Gasteiger partial charge in [-0.2, -0.15) is 0 Å². The number of benzene rings is 1. The first kappa shape index (κ1) is 15.9. The summed E-state index contributed by atoms with van der Waals surface area (Å²) in [6.07, 6.45) is 5.35. The largest absolute Gasteiger partial charge is 0.496 e. The van der Waals surface area contributed by atoms with Gasteiger partial charge >= 0.3 is 0 Å². The minimum atomic E-state index is 0.0339. The summed E-state index contributed by atoms with van der Waals surface area (Å²) >= 11 is 5.98. The van der Waals surface area contributed by atoms with Crippen molar-refractivity contribution in [2.24, 2.45) is 0 Å². The SMILES string of the molecule is CNC1CCN(C(=O)C=Cc2cc(Cl)ccc2OC)CC1. The number of nitrogens with zero attached hydrogens (tertiary/aromatic N) is 1. The van der Waals surface area contributed by atoms with Crippen LogP contribution in [0.2, 0.25) is 5.02 Å². The first-order chi connectivity index (χ1) is 10.1. The van der Waals surface area contributed by atoms with Crippen LogP contribution in [0.5, 0.6) is 5.75 Å². The fourth-order valence-electron chi connectivity index (χ4n) is 2.49. The van der Waals surface area contributed by atoms with Gasteiger partial charge in [-0.3, -0.25) is 4.79 Å². The molecule has 0 radical (unpaired) electrons. The smallest absolute Gasteiger partial charge is 0.246 e. The maximum absolute atomic E-state index is 12.2. The molecule has 1 saturated heterocycles. The molecule has 1 aromatic carbocycles. The first-order valence-electron chi connectivity index (χ1n) is 7.12. The van der Waals surface area contributed by atoms with Gasteiger partial charge in [0, 0.05) is 35.8 Å². The Bertz CT molecular complexity index is 523. The summed E-state index contributed by atoms with van der Waals surface area (Å²) < 4.78 is 5.26. The molecule has 4 nitrogen and oxygen atoms in total. The highest BCUT2D eigenvalue weighted by Gasteiger charge is 2.20. The third-order valence-corrected chi connectivity index (χ3v) is 4.05. The number of likely N-dealkylation sites (tertiary alicyclic amines) is 1. The molecule has 1 amide bonds. The Labute approximate surface area is 130 Å². The van der Waals surface area contributed by atoms with Gasteiger partial charge < -0.3 is 15.0 Å². The number of carbonyl (C=O) groups is 1. The van der Waals surface area contributed by atoms with Gasteiger partial charge in [0.15, 0.2) is 0 Å². The van der Waals surface area contributed by atoms with Crippen LogP contribution in [-0.4, -0.2) is 44.1 Å². The average Bonchev–Trinajstić information content (AvgIpc) is 2.52. The molecule has 1 fully saturated rings. The molecule has 0 saturated carbocycles. The maximum Gasteiger partial charge on any atom is 0.246 e. The van der Waals surface area contributed by atoms with Crippen LogP contribution in [0.4, 0.5) is 0 Å². The number of piperidine rings is 1. The fourth-order valence-corrected chi connectivity index (χ4v) is 2.67. The molecular weight excluding hydrogens is 288 g/mol. The van der Waals surface area contributed by atoms with Crippen LogP contribution in [0.1, 0.15) is 18.4 Å².